The van der Waals surface area contributed by atoms with Crippen molar-refractivity contribution in [1.82, 2.24) is 19.6 Å². The molecule has 0 bridgehead atoms. The molecule has 1 heterocycles. The number of hydrogen-bond donors (Lipinski definition) is 0. The summed E-state index contributed by atoms with van der Waals surface area (Å²) in [5, 5.41) is 0. The van der Waals surface area contributed by atoms with Gasteiger partial charge in [-0.15, -0.1) is 0 Å². The molecule has 7 nitrogen and oxygen atoms in total. The molecular formula is C4H6F2N4O3. The zero-order chi connectivity index (χ0) is 10.2. The lowest BCUT2D eigenvalue weighted by Gasteiger charge is -2.02. The summed E-state index contributed by atoms with van der Waals surface area (Å²) in [6.07, 6.45) is 0. The first kappa shape index (κ1) is 9.45. The average molecular weight is 196 g/mol. The van der Waals surface area contributed by atoms with Gasteiger partial charge in [0.1, 0.15) is 0 Å². The lowest BCUT2D eigenvalue weighted by molar-refractivity contribution is -0.398. The van der Waals surface area contributed by atoms with Crippen molar-refractivity contribution in [1.29, 1.82) is 0 Å². The maximum absolute atomic E-state index is 11.5. The molecule has 0 saturated heterocycles. The van der Waals surface area contributed by atoms with Gasteiger partial charge in [-0.25, -0.2) is 19.1 Å². The summed E-state index contributed by atoms with van der Waals surface area (Å²) < 4.78 is 24.3. The standard InChI is InChI=1S/C4H6F2N4O3/c1-7-3(11)8(2)9(4(7)12)13-10(5)6/h1-2H3. The Morgan fingerprint density at radius 2 is 1.77 bits per heavy atom. The van der Waals surface area contributed by atoms with E-state index in [1.165, 1.54) is 0 Å². The van der Waals surface area contributed by atoms with E-state index in [4.69, 9.17) is 0 Å². The molecule has 0 aliphatic carbocycles. The summed E-state index contributed by atoms with van der Waals surface area (Å²) in [6, 6.07) is 0. The van der Waals surface area contributed by atoms with Crippen molar-refractivity contribution in [2.75, 3.05) is 0 Å². The second-order valence-corrected chi connectivity index (χ2v) is 2.20. The van der Waals surface area contributed by atoms with Crippen LogP contribution < -0.4 is 16.3 Å². The Morgan fingerprint density at radius 3 is 2.08 bits per heavy atom. The maximum Gasteiger partial charge on any atom is 0.383 e. The van der Waals surface area contributed by atoms with Gasteiger partial charge in [0.05, 0.1) is 0 Å². The number of nitrogens with zero attached hydrogens (tertiary/aromatic N) is 4. The van der Waals surface area contributed by atoms with Gasteiger partial charge in [0.15, 0.2) is 0 Å². The second-order valence-electron chi connectivity index (χ2n) is 2.20. The molecular weight excluding hydrogens is 190 g/mol. The fourth-order valence-electron chi connectivity index (χ4n) is 0.781. The van der Waals surface area contributed by atoms with E-state index in [-0.39, 0.29) is 4.85 Å². The minimum Gasteiger partial charge on any atom is -0.246 e. The van der Waals surface area contributed by atoms with Crippen molar-refractivity contribution in [2.24, 2.45) is 14.1 Å². The Morgan fingerprint density at radius 1 is 1.23 bits per heavy atom. The Hall–Kier alpha value is -1.64. The molecule has 1 aromatic rings. The van der Waals surface area contributed by atoms with E-state index in [0.29, 0.717) is 9.25 Å². The summed E-state index contributed by atoms with van der Waals surface area (Å²) in [5.74, 6) is 0. The van der Waals surface area contributed by atoms with Crippen LogP contribution in [0.3, 0.4) is 0 Å². The zero-order valence-electron chi connectivity index (χ0n) is 6.77. The molecule has 1 aromatic heterocycles. The van der Waals surface area contributed by atoms with E-state index in [2.05, 4.69) is 4.94 Å². The van der Waals surface area contributed by atoms with Crippen molar-refractivity contribution >= 4 is 0 Å². The van der Waals surface area contributed by atoms with Crippen LogP contribution in [-0.2, 0) is 14.1 Å². The van der Waals surface area contributed by atoms with E-state index in [1.807, 2.05) is 0 Å². The molecule has 0 N–H and O–H groups in total. The van der Waals surface area contributed by atoms with Gasteiger partial charge < -0.3 is 0 Å². The van der Waals surface area contributed by atoms with Crippen LogP contribution in [0.4, 0.5) is 8.96 Å². The van der Waals surface area contributed by atoms with Crippen LogP contribution in [0.2, 0.25) is 0 Å². The summed E-state index contributed by atoms with van der Waals surface area (Å²) in [6.45, 7) is 0. The molecule has 0 aliphatic heterocycles. The van der Waals surface area contributed by atoms with E-state index < -0.39 is 16.9 Å². The highest BCUT2D eigenvalue weighted by molar-refractivity contribution is 4.66. The largest absolute Gasteiger partial charge is 0.383 e. The van der Waals surface area contributed by atoms with Gasteiger partial charge in [0.2, 0.25) is 5.51 Å². The monoisotopic (exact) mass is 196 g/mol. The third-order valence-corrected chi connectivity index (χ3v) is 1.43. The summed E-state index contributed by atoms with van der Waals surface area (Å²) >= 11 is 0. The Kier molecular flexibility index (Phi) is 2.19. The molecule has 0 unspecified atom stereocenters. The normalized spacial score (nSPS) is 10.8. The van der Waals surface area contributed by atoms with Crippen LogP contribution in [0.15, 0.2) is 9.59 Å². The van der Waals surface area contributed by atoms with E-state index in [1.54, 1.807) is 0 Å². The molecule has 0 spiro atoms. The summed E-state index contributed by atoms with van der Waals surface area (Å²) in [4.78, 5) is 25.7. The Labute approximate surface area is 69.7 Å². The fraction of sp³-hybridized carbons (Fsp3) is 0.500. The predicted octanol–water partition coefficient (Wildman–Crippen LogP) is -1.70. The van der Waals surface area contributed by atoms with Crippen LogP contribution >= 0.6 is 0 Å². The third-order valence-electron chi connectivity index (χ3n) is 1.43. The lowest BCUT2D eigenvalue weighted by Crippen LogP contribution is -2.35. The van der Waals surface area contributed by atoms with Crippen molar-refractivity contribution < 1.29 is 13.9 Å². The summed E-state index contributed by atoms with van der Waals surface area (Å²) in [7, 11) is 2.26. The highest BCUT2D eigenvalue weighted by Crippen LogP contribution is 1.83. The van der Waals surface area contributed by atoms with Gasteiger partial charge in [-0.05, 0) is 4.85 Å². The number of rotatable bonds is 2. The molecule has 0 amide bonds. The van der Waals surface area contributed by atoms with Crippen molar-refractivity contribution in [3.63, 3.8) is 0 Å². The second kappa shape index (κ2) is 3.01. The number of halogens is 2. The highest BCUT2D eigenvalue weighted by atomic mass is 19.4. The van der Waals surface area contributed by atoms with Crippen LogP contribution in [0, 0.1) is 0 Å². The number of aromatic nitrogens is 3. The number of hydrogen-bond acceptors (Lipinski definition) is 4. The van der Waals surface area contributed by atoms with Gasteiger partial charge >= 0.3 is 11.4 Å². The lowest BCUT2D eigenvalue weighted by atomic mass is 11.0. The first-order chi connectivity index (χ1) is 5.95. The fourth-order valence-corrected chi connectivity index (χ4v) is 0.781. The topological polar surface area (TPSA) is 61.4 Å². The van der Waals surface area contributed by atoms with Gasteiger partial charge in [-0.1, -0.05) is 8.96 Å². The van der Waals surface area contributed by atoms with E-state index in [9.17, 15) is 18.6 Å². The molecule has 0 atom stereocenters. The third kappa shape index (κ3) is 1.45. The molecule has 1 rings (SSSR count). The highest BCUT2D eigenvalue weighted by Gasteiger charge is 2.14. The van der Waals surface area contributed by atoms with Gasteiger partial charge in [0, 0.05) is 14.1 Å². The first-order valence-electron chi connectivity index (χ1n) is 3.10. The van der Waals surface area contributed by atoms with Crippen molar-refractivity contribution in [2.45, 2.75) is 0 Å². The molecule has 74 valence electrons. The molecule has 0 radical (unpaired) electrons. The van der Waals surface area contributed by atoms with E-state index >= 15 is 0 Å². The van der Waals surface area contributed by atoms with Crippen LogP contribution in [0.25, 0.3) is 0 Å². The minimum atomic E-state index is -1.68. The van der Waals surface area contributed by atoms with Crippen molar-refractivity contribution in [3.8, 4) is 0 Å². The minimum absolute atomic E-state index is 0.127. The molecule has 0 fully saturated rings. The first-order valence-corrected chi connectivity index (χ1v) is 3.10. The van der Waals surface area contributed by atoms with E-state index in [0.717, 1.165) is 14.1 Å². The van der Waals surface area contributed by atoms with Crippen LogP contribution in [0.1, 0.15) is 0 Å². The quantitative estimate of drug-likeness (QED) is 0.418. The van der Waals surface area contributed by atoms with Gasteiger partial charge in [-0.3, -0.25) is 0 Å². The SMILES string of the molecule is Cn1c(=O)n(C)n(ON(F)F)c1=O. The van der Waals surface area contributed by atoms with Crippen LogP contribution in [-0.4, -0.2) is 19.6 Å². The Bertz CT molecular complexity index is 416. The van der Waals surface area contributed by atoms with Crippen molar-refractivity contribution in [3.05, 3.63) is 21.0 Å². The maximum atomic E-state index is 11.5. The van der Waals surface area contributed by atoms with Gasteiger partial charge in [0.25, 0.3) is 0 Å². The molecule has 0 saturated carbocycles. The van der Waals surface area contributed by atoms with Gasteiger partial charge in [-0.2, -0.15) is 4.68 Å². The summed E-state index contributed by atoms with van der Waals surface area (Å²) in [5.41, 5.74) is -3.43. The molecule has 0 aromatic carbocycles. The molecule has 9 heteroatoms. The van der Waals surface area contributed by atoms with Crippen LogP contribution in [0.5, 0.6) is 0 Å². The average Bonchev–Trinajstić information content (AvgIpc) is 2.22. The Balaban J connectivity index is 3.30. The molecule has 0 aliphatic rings. The zero-order valence-corrected chi connectivity index (χ0v) is 6.77. The predicted molar refractivity (Wildman–Crippen MR) is 35.5 cm³/mol. The smallest absolute Gasteiger partial charge is 0.246 e. The molecule has 13 heavy (non-hydrogen) atoms.